The van der Waals surface area contributed by atoms with Crippen molar-refractivity contribution in [1.82, 2.24) is 14.5 Å². The van der Waals surface area contributed by atoms with Crippen LogP contribution in [0.25, 0.3) is 10.2 Å². The lowest BCUT2D eigenvalue weighted by atomic mass is 10.2. The Balaban J connectivity index is 0.00000240. The first-order chi connectivity index (χ1) is 13.7. The fourth-order valence-electron chi connectivity index (χ4n) is 2.75. The number of carbonyl (C=O) groups is 1. The van der Waals surface area contributed by atoms with Gasteiger partial charge in [0, 0.05) is 28.4 Å². The van der Waals surface area contributed by atoms with Crippen molar-refractivity contribution in [2.75, 3.05) is 5.32 Å². The second-order valence-corrected chi connectivity index (χ2v) is 7.53. The average molecular weight is 446 g/mol. The van der Waals surface area contributed by atoms with Crippen molar-refractivity contribution >= 4 is 57.5 Å². The second kappa shape index (κ2) is 9.19. The van der Waals surface area contributed by atoms with Gasteiger partial charge >= 0.3 is 0 Å². The first-order valence-corrected chi connectivity index (χ1v) is 10.1. The summed E-state index contributed by atoms with van der Waals surface area (Å²) in [5.74, 6) is -0.350. The highest BCUT2D eigenvalue weighted by molar-refractivity contribution is 7.97. The third-order valence-electron chi connectivity index (χ3n) is 4.13. The number of hydrogen-bond acceptors (Lipinski definition) is 7. The fraction of sp³-hybridized carbons (Fsp3) is 0.0526. The van der Waals surface area contributed by atoms with Crippen molar-refractivity contribution < 1.29 is 4.79 Å². The van der Waals surface area contributed by atoms with Crippen molar-refractivity contribution in [3.63, 3.8) is 0 Å². The summed E-state index contributed by atoms with van der Waals surface area (Å²) >= 11 is 2.40. The monoisotopic (exact) mass is 445 g/mol. The van der Waals surface area contributed by atoms with Gasteiger partial charge in [-0.2, -0.15) is 0 Å². The number of hydrogen-bond donors (Lipinski definition) is 2. The molecule has 148 valence electrons. The van der Waals surface area contributed by atoms with E-state index in [2.05, 4.69) is 15.3 Å². The van der Waals surface area contributed by atoms with E-state index in [1.807, 2.05) is 24.3 Å². The number of benzene rings is 1. The summed E-state index contributed by atoms with van der Waals surface area (Å²) in [4.78, 5) is 35.5. The summed E-state index contributed by atoms with van der Waals surface area (Å²) in [6.07, 6.45) is 4.87. The van der Waals surface area contributed by atoms with Gasteiger partial charge in [0.2, 0.25) is 0 Å². The van der Waals surface area contributed by atoms with Crippen molar-refractivity contribution in [2.24, 2.45) is 5.14 Å². The van der Waals surface area contributed by atoms with Crippen LogP contribution in [-0.2, 0) is 6.54 Å². The van der Waals surface area contributed by atoms with Crippen molar-refractivity contribution in [2.45, 2.75) is 11.4 Å². The van der Waals surface area contributed by atoms with E-state index >= 15 is 0 Å². The number of pyridine rings is 1. The summed E-state index contributed by atoms with van der Waals surface area (Å²) < 4.78 is 1.48. The highest BCUT2D eigenvalue weighted by atomic mass is 35.5. The molecule has 0 aliphatic heterocycles. The van der Waals surface area contributed by atoms with Crippen LogP contribution >= 0.6 is 35.7 Å². The number of nitrogens with two attached hydrogens (primary N) is 1. The normalized spacial score (nSPS) is 10.5. The van der Waals surface area contributed by atoms with E-state index < -0.39 is 0 Å². The van der Waals surface area contributed by atoms with Gasteiger partial charge in [-0.25, -0.2) is 4.98 Å². The molecule has 0 saturated carbocycles. The molecule has 29 heavy (non-hydrogen) atoms. The van der Waals surface area contributed by atoms with Crippen molar-refractivity contribution in [3.8, 4) is 0 Å². The minimum Gasteiger partial charge on any atom is -0.322 e. The quantitative estimate of drug-likeness (QED) is 0.455. The van der Waals surface area contributed by atoms with Crippen molar-refractivity contribution in [3.05, 3.63) is 82.0 Å². The predicted molar refractivity (Wildman–Crippen MR) is 119 cm³/mol. The molecule has 0 atom stereocenters. The van der Waals surface area contributed by atoms with Crippen molar-refractivity contribution in [1.29, 1.82) is 0 Å². The molecule has 4 rings (SSSR count). The van der Waals surface area contributed by atoms with Gasteiger partial charge in [0.05, 0.1) is 23.8 Å². The number of thiophene rings is 1. The summed E-state index contributed by atoms with van der Waals surface area (Å²) in [7, 11) is 0. The maximum absolute atomic E-state index is 13.0. The smallest absolute Gasteiger partial charge is 0.263 e. The minimum atomic E-state index is -0.350. The molecule has 1 amide bonds. The van der Waals surface area contributed by atoms with Crippen LogP contribution in [0.5, 0.6) is 0 Å². The molecule has 0 saturated heterocycles. The number of amides is 1. The number of rotatable bonds is 5. The Morgan fingerprint density at radius 3 is 2.72 bits per heavy atom. The molecular formula is C19H16ClN5O2S2. The van der Waals surface area contributed by atoms with Crippen LogP contribution in [0.1, 0.15) is 15.9 Å². The highest BCUT2D eigenvalue weighted by Gasteiger charge is 2.18. The number of nitrogens with zero attached hydrogens (tertiary/aromatic N) is 3. The van der Waals surface area contributed by atoms with E-state index in [-0.39, 0.29) is 23.9 Å². The molecule has 0 aliphatic rings. The van der Waals surface area contributed by atoms with Crippen LogP contribution in [0.15, 0.2) is 70.2 Å². The van der Waals surface area contributed by atoms with E-state index in [1.165, 1.54) is 22.2 Å². The van der Waals surface area contributed by atoms with Gasteiger partial charge in [0.15, 0.2) is 0 Å². The molecule has 0 aliphatic carbocycles. The first-order valence-electron chi connectivity index (χ1n) is 8.29. The molecule has 0 fully saturated rings. The molecule has 0 unspecified atom stereocenters. The minimum absolute atomic E-state index is 0. The topological polar surface area (TPSA) is 103 Å². The van der Waals surface area contributed by atoms with Gasteiger partial charge in [-0.1, -0.05) is 6.07 Å². The Hall–Kier alpha value is -2.72. The maximum atomic E-state index is 13.0. The largest absolute Gasteiger partial charge is 0.322 e. The molecule has 0 spiro atoms. The molecule has 7 nitrogen and oxygen atoms in total. The van der Waals surface area contributed by atoms with Crippen LogP contribution in [-0.4, -0.2) is 20.4 Å². The van der Waals surface area contributed by atoms with E-state index in [1.54, 1.807) is 29.9 Å². The second-order valence-electron chi connectivity index (χ2n) is 5.96. The maximum Gasteiger partial charge on any atom is 0.263 e. The lowest BCUT2D eigenvalue weighted by molar-refractivity contribution is 0.102. The Morgan fingerprint density at radius 1 is 1.24 bits per heavy atom. The first kappa shape index (κ1) is 21.0. The molecule has 3 aromatic heterocycles. The number of anilines is 1. The molecule has 1 aromatic carbocycles. The van der Waals surface area contributed by atoms with E-state index in [0.29, 0.717) is 28.0 Å². The van der Waals surface area contributed by atoms with Crippen LogP contribution in [0.2, 0.25) is 0 Å². The zero-order valence-corrected chi connectivity index (χ0v) is 17.4. The van der Waals surface area contributed by atoms with Crippen LogP contribution in [0, 0.1) is 0 Å². The Kier molecular flexibility index (Phi) is 6.65. The third kappa shape index (κ3) is 4.48. The standard InChI is InChI=1S/C19H15N5O2S2.ClH/c20-28-14-5-3-13(4-6-14)23-17(25)15-10-27-18-16(15)19(26)24(11-22-18)9-12-2-1-7-21-8-12;/h1-8,10-11H,9,20H2,(H,23,25);1H. The fourth-order valence-corrected chi connectivity index (χ4v) is 3.92. The Labute approximate surface area is 180 Å². The number of fused-ring (bicyclic) bond motifs is 1. The van der Waals surface area contributed by atoms with Crippen LogP contribution in [0.3, 0.4) is 0 Å². The Bertz CT molecular complexity index is 1190. The van der Waals surface area contributed by atoms with Gasteiger partial charge in [0.1, 0.15) is 4.83 Å². The summed E-state index contributed by atoms with van der Waals surface area (Å²) in [6, 6.07) is 10.8. The van der Waals surface area contributed by atoms with Crippen LogP contribution in [0.4, 0.5) is 5.69 Å². The van der Waals surface area contributed by atoms with Gasteiger partial charge in [-0.3, -0.25) is 24.3 Å². The number of halogens is 1. The summed E-state index contributed by atoms with van der Waals surface area (Å²) in [5.41, 5.74) is 1.57. The molecule has 10 heteroatoms. The van der Waals surface area contributed by atoms with Gasteiger partial charge < -0.3 is 5.32 Å². The van der Waals surface area contributed by atoms with E-state index in [4.69, 9.17) is 5.14 Å². The average Bonchev–Trinajstić information content (AvgIpc) is 3.16. The number of aromatic nitrogens is 3. The van der Waals surface area contributed by atoms with E-state index in [0.717, 1.165) is 22.4 Å². The SMILES string of the molecule is Cl.NSc1ccc(NC(=O)c2csc3ncn(Cc4cccnc4)c(=O)c23)cc1. The van der Waals surface area contributed by atoms with Gasteiger partial charge in [-0.05, 0) is 47.8 Å². The molecule has 3 N–H and O–H groups in total. The molecule has 4 aromatic rings. The third-order valence-corrected chi connectivity index (χ3v) is 5.56. The molecule has 3 heterocycles. The summed E-state index contributed by atoms with van der Waals surface area (Å²) in [6.45, 7) is 0.338. The zero-order chi connectivity index (χ0) is 19.5. The van der Waals surface area contributed by atoms with Crippen LogP contribution < -0.4 is 16.0 Å². The zero-order valence-electron chi connectivity index (χ0n) is 14.9. The van der Waals surface area contributed by atoms with Gasteiger partial charge in [0.25, 0.3) is 11.5 Å². The predicted octanol–water partition coefficient (Wildman–Crippen LogP) is 3.54. The molecule has 0 bridgehead atoms. The summed E-state index contributed by atoms with van der Waals surface area (Å²) in [5, 5.41) is 10.3. The lowest BCUT2D eigenvalue weighted by Crippen LogP contribution is -2.23. The number of nitrogens with one attached hydrogen (secondary N) is 1. The van der Waals surface area contributed by atoms with E-state index in [9.17, 15) is 9.59 Å². The Morgan fingerprint density at radius 2 is 2.03 bits per heavy atom. The lowest BCUT2D eigenvalue weighted by Gasteiger charge is -2.07. The molecule has 0 radical (unpaired) electrons. The molecular weight excluding hydrogens is 430 g/mol. The number of carbonyl (C=O) groups excluding carboxylic acids is 1. The van der Waals surface area contributed by atoms with Gasteiger partial charge in [-0.15, -0.1) is 23.7 Å². The highest BCUT2D eigenvalue weighted by Crippen LogP contribution is 2.23.